The van der Waals surface area contributed by atoms with Crippen molar-refractivity contribution in [2.45, 2.75) is 115 Å². The van der Waals surface area contributed by atoms with Crippen molar-refractivity contribution < 1.29 is 73.2 Å². The van der Waals surface area contributed by atoms with Crippen molar-refractivity contribution in [2.24, 2.45) is 46.3 Å². The van der Waals surface area contributed by atoms with Gasteiger partial charge < -0.3 is 44.5 Å². The van der Waals surface area contributed by atoms with E-state index < -0.39 is 94.4 Å². The van der Waals surface area contributed by atoms with Gasteiger partial charge in [0.25, 0.3) is 0 Å². The summed E-state index contributed by atoms with van der Waals surface area (Å²) < 4.78 is 24.2. The van der Waals surface area contributed by atoms with Gasteiger partial charge in [0.15, 0.2) is 36.0 Å². The molecular formula is C32H42O15. The summed E-state index contributed by atoms with van der Waals surface area (Å²) in [6.45, 7) is 5.79. The zero-order chi connectivity index (χ0) is 34.4. The molecule has 6 aliphatic rings. The highest BCUT2D eigenvalue weighted by Crippen LogP contribution is 2.73. The summed E-state index contributed by atoms with van der Waals surface area (Å²) in [5, 5.41) is 48.7. The molecule has 12 atom stereocenters. The molecular weight excluding hydrogens is 624 g/mol. The van der Waals surface area contributed by atoms with Gasteiger partial charge in [-0.15, -0.1) is 0 Å². The maximum Gasteiger partial charge on any atom is 0.336 e. The first-order chi connectivity index (χ1) is 21.9. The molecule has 5 N–H and O–H groups in total. The Hall–Kier alpha value is -3.14. The van der Waals surface area contributed by atoms with Crippen molar-refractivity contribution in [1.29, 1.82) is 0 Å². The lowest BCUT2D eigenvalue weighted by molar-refractivity contribution is -0.321. The van der Waals surface area contributed by atoms with Gasteiger partial charge in [-0.2, -0.15) is 0 Å². The number of carboxylic acid groups (broad SMARTS) is 5. The third-order valence-electron chi connectivity index (χ3n) is 13.0. The summed E-state index contributed by atoms with van der Waals surface area (Å²) in [5.41, 5.74) is -1.66. The first-order valence-electron chi connectivity index (χ1n) is 16.3. The van der Waals surface area contributed by atoms with Gasteiger partial charge in [-0.25, -0.2) is 19.2 Å². The number of carboxylic acids is 5. The highest BCUT2D eigenvalue weighted by Gasteiger charge is 2.76. The second-order valence-corrected chi connectivity index (χ2v) is 15.1. The van der Waals surface area contributed by atoms with Crippen molar-refractivity contribution in [3.63, 3.8) is 0 Å². The number of carbonyl (C=O) groups excluding carboxylic acids is 1. The number of rotatable bonds is 8. The van der Waals surface area contributed by atoms with E-state index in [0.717, 1.165) is 0 Å². The lowest BCUT2D eigenvalue weighted by Crippen LogP contribution is -2.67. The Kier molecular flexibility index (Phi) is 8.05. The van der Waals surface area contributed by atoms with E-state index in [1.807, 2.05) is 20.8 Å². The predicted octanol–water partition coefficient (Wildman–Crippen LogP) is 2.23. The zero-order valence-corrected chi connectivity index (χ0v) is 26.5. The van der Waals surface area contributed by atoms with E-state index in [0.29, 0.717) is 25.7 Å². The normalized spacial score (nSPS) is 47.6. The molecule has 0 aromatic rings. The van der Waals surface area contributed by atoms with Crippen LogP contribution in [0.2, 0.25) is 0 Å². The highest BCUT2D eigenvalue weighted by molar-refractivity contribution is 5.86. The Bertz CT molecular complexity index is 1350. The summed E-state index contributed by atoms with van der Waals surface area (Å²) >= 11 is 0. The zero-order valence-electron chi connectivity index (χ0n) is 26.5. The van der Waals surface area contributed by atoms with E-state index in [4.69, 9.17) is 18.9 Å². The molecule has 2 heterocycles. The Morgan fingerprint density at radius 2 is 1.30 bits per heavy atom. The summed E-state index contributed by atoms with van der Waals surface area (Å²) in [4.78, 5) is 74.1. The molecule has 15 nitrogen and oxygen atoms in total. The summed E-state index contributed by atoms with van der Waals surface area (Å²) in [5.74, 6) is -12.4. The number of ether oxygens (including phenoxy) is 4. The number of hydrogen-bond donors (Lipinski definition) is 5. The fourth-order valence-electron chi connectivity index (χ4n) is 10.8. The molecule has 2 aliphatic heterocycles. The van der Waals surface area contributed by atoms with Crippen LogP contribution in [0.5, 0.6) is 0 Å². The topological polar surface area (TPSA) is 240 Å². The summed E-state index contributed by atoms with van der Waals surface area (Å²) in [6, 6.07) is 0. The van der Waals surface area contributed by atoms with Crippen LogP contribution in [-0.4, -0.2) is 97.2 Å². The van der Waals surface area contributed by atoms with Crippen molar-refractivity contribution >= 4 is 35.6 Å². The first-order valence-corrected chi connectivity index (χ1v) is 16.3. The van der Waals surface area contributed by atoms with E-state index in [1.54, 1.807) is 0 Å². The number of ketones is 1. The molecule has 0 radical (unpaired) electrons. The Morgan fingerprint density at radius 3 is 1.81 bits per heavy atom. The molecule has 260 valence electrons. The third kappa shape index (κ3) is 4.90. The van der Waals surface area contributed by atoms with Crippen LogP contribution in [0.1, 0.15) is 78.6 Å². The second kappa shape index (κ2) is 11.2. The molecule has 6 rings (SSSR count). The standard InChI is InChI=1S/C32H42O15/c1-13(4-7-19(34)35)15-5-6-16-20-17(12-32(30(15,16)3)46-23(27(40)41)24(47-32)28(42)43)29(2)8-9-31(11-14(29)10-18(20)33)44-21(25(36)37)22(45-31)26(38)39/h13-17,20-24H,4-12H2,1-3H3,(H,34,35)(H,36,37)(H,38,39)(H,40,41)(H,42,43)/t13?,14?,15?,16?,17?,20?,21?,22?,23?,24?,29-,30+,31?,32?/m0/s1. The average Bonchev–Trinajstić information content (AvgIpc) is 3.67. The van der Waals surface area contributed by atoms with Crippen molar-refractivity contribution in [3.05, 3.63) is 0 Å². The number of aliphatic carboxylic acids is 5. The molecule has 4 saturated carbocycles. The monoisotopic (exact) mass is 666 g/mol. The molecule has 2 saturated heterocycles. The molecule has 6 fully saturated rings. The van der Waals surface area contributed by atoms with E-state index in [2.05, 4.69) is 0 Å². The molecule has 0 aromatic carbocycles. The SMILES string of the molecule is CC(CCC(=O)O)C1CCC2C3C(=O)CC4CC5(CC[C@]4(C)C3CC3(OC(C(=O)O)C(C(=O)O)O3)[C@]12C)OC(C(=O)O)C(C(=O)O)O5. The largest absolute Gasteiger partial charge is 0.481 e. The molecule has 4 aliphatic carbocycles. The molecule has 0 amide bonds. The van der Waals surface area contributed by atoms with Crippen LogP contribution in [0.3, 0.4) is 0 Å². The van der Waals surface area contributed by atoms with Gasteiger partial charge in [0.1, 0.15) is 5.78 Å². The Morgan fingerprint density at radius 1 is 0.766 bits per heavy atom. The molecule has 0 bridgehead atoms. The van der Waals surface area contributed by atoms with E-state index in [-0.39, 0.29) is 55.6 Å². The third-order valence-corrected chi connectivity index (χ3v) is 13.0. The fourth-order valence-corrected chi connectivity index (χ4v) is 10.8. The summed E-state index contributed by atoms with van der Waals surface area (Å²) in [6.07, 6.45) is -5.01. The van der Waals surface area contributed by atoms with Gasteiger partial charge in [-0.3, -0.25) is 9.59 Å². The van der Waals surface area contributed by atoms with Crippen LogP contribution in [0, 0.1) is 46.3 Å². The van der Waals surface area contributed by atoms with Gasteiger partial charge >= 0.3 is 29.8 Å². The van der Waals surface area contributed by atoms with E-state index >= 15 is 0 Å². The van der Waals surface area contributed by atoms with Crippen molar-refractivity contribution in [1.82, 2.24) is 0 Å². The van der Waals surface area contributed by atoms with Crippen LogP contribution in [-0.2, 0) is 47.7 Å². The van der Waals surface area contributed by atoms with Gasteiger partial charge in [0.05, 0.1) is 0 Å². The Labute approximate surface area is 269 Å². The van der Waals surface area contributed by atoms with Crippen LogP contribution in [0.25, 0.3) is 0 Å². The van der Waals surface area contributed by atoms with Crippen LogP contribution in [0.15, 0.2) is 0 Å². The Balaban J connectivity index is 1.39. The minimum atomic E-state index is -1.81. The highest BCUT2D eigenvalue weighted by atomic mass is 16.8. The number of fused-ring (bicyclic) bond motifs is 6. The smallest absolute Gasteiger partial charge is 0.336 e. The van der Waals surface area contributed by atoms with Gasteiger partial charge in [-0.05, 0) is 60.7 Å². The average molecular weight is 667 g/mol. The lowest BCUT2D eigenvalue weighted by Gasteiger charge is -2.65. The molecule has 2 spiro atoms. The number of Topliss-reactive ketones (excluding diaryl/α,β-unsaturated/α-hetero) is 1. The van der Waals surface area contributed by atoms with Crippen LogP contribution >= 0.6 is 0 Å². The molecule has 47 heavy (non-hydrogen) atoms. The van der Waals surface area contributed by atoms with Gasteiger partial charge in [0.2, 0.25) is 0 Å². The molecule has 0 aromatic heterocycles. The minimum Gasteiger partial charge on any atom is -0.481 e. The fraction of sp³-hybridized carbons (Fsp3) is 0.812. The molecule has 10 unspecified atom stereocenters. The van der Waals surface area contributed by atoms with Gasteiger partial charge in [0, 0.05) is 43.4 Å². The minimum absolute atomic E-state index is 0.0172. The lowest BCUT2D eigenvalue weighted by atomic mass is 9.42. The number of hydrogen-bond acceptors (Lipinski definition) is 10. The summed E-state index contributed by atoms with van der Waals surface area (Å²) in [7, 11) is 0. The predicted molar refractivity (Wildman–Crippen MR) is 153 cm³/mol. The van der Waals surface area contributed by atoms with Crippen molar-refractivity contribution in [3.8, 4) is 0 Å². The second-order valence-electron chi connectivity index (χ2n) is 15.1. The van der Waals surface area contributed by atoms with Crippen LogP contribution in [0.4, 0.5) is 0 Å². The number of carbonyl (C=O) groups is 6. The molecule has 15 heteroatoms. The quantitative estimate of drug-likeness (QED) is 0.249. The first kappa shape index (κ1) is 33.7. The van der Waals surface area contributed by atoms with E-state index in [1.165, 1.54) is 0 Å². The van der Waals surface area contributed by atoms with E-state index in [9.17, 15) is 54.3 Å². The van der Waals surface area contributed by atoms with Crippen molar-refractivity contribution in [2.75, 3.05) is 0 Å². The van der Waals surface area contributed by atoms with Crippen LogP contribution < -0.4 is 0 Å². The maximum atomic E-state index is 14.3. The van der Waals surface area contributed by atoms with Gasteiger partial charge in [-0.1, -0.05) is 20.8 Å². The maximum absolute atomic E-state index is 14.3.